The average Bonchev–Trinajstić information content (AvgIpc) is 3.52. The molecule has 3 nitrogen and oxygen atoms in total. The highest BCUT2D eigenvalue weighted by atomic mass is 19.2. The molecule has 1 aliphatic rings. The lowest BCUT2D eigenvalue weighted by Crippen LogP contribution is -2.81. The SMILES string of the molecule is Fc1c(F)c(F)c([B-](c2c(F)c(F)c(F)c(F)c2F)(c2c(F)c(F)c(F)c(F)c2F)c2c(F)c(F)c(F)c(F)c2F)c(F)c1F.c1ccc(C[n+]2cc3c4c(cccc4c2)OCCO3)cc1. The molecular formula is C42H16BF20NO2. The van der Waals surface area contributed by atoms with Gasteiger partial charge in [0, 0.05) is 5.56 Å². The summed E-state index contributed by atoms with van der Waals surface area (Å²) < 4.78 is 308. The molecule has 24 heteroatoms. The van der Waals surface area contributed by atoms with Crippen LogP contribution in [0.25, 0.3) is 10.8 Å². The second-order valence-electron chi connectivity index (χ2n) is 14.0. The Labute approximate surface area is 354 Å². The van der Waals surface area contributed by atoms with E-state index >= 15 is 35.1 Å². The van der Waals surface area contributed by atoms with Crippen molar-refractivity contribution in [3.05, 3.63) is 183 Å². The molecule has 1 aliphatic heterocycles. The maximum Gasteiger partial charge on any atom is 0.212 e. The van der Waals surface area contributed by atoms with Crippen LogP contribution in [-0.2, 0) is 6.54 Å². The van der Waals surface area contributed by atoms with Gasteiger partial charge in [0.2, 0.25) is 6.20 Å². The Morgan fingerprint density at radius 2 is 0.667 bits per heavy atom. The Kier molecular flexibility index (Phi) is 12.4. The molecule has 0 radical (unpaired) electrons. The fourth-order valence-electron chi connectivity index (χ4n) is 7.64. The second kappa shape index (κ2) is 17.4. The number of hydrogen-bond donors (Lipinski definition) is 0. The molecule has 0 N–H and O–H groups in total. The summed E-state index contributed by atoms with van der Waals surface area (Å²) in [4.78, 5) is 0. The van der Waals surface area contributed by atoms with Crippen LogP contribution in [0.1, 0.15) is 5.56 Å². The van der Waals surface area contributed by atoms with Gasteiger partial charge >= 0.3 is 0 Å². The third kappa shape index (κ3) is 7.16. The fourth-order valence-corrected chi connectivity index (χ4v) is 7.64. The zero-order chi connectivity index (χ0) is 48.4. The van der Waals surface area contributed by atoms with Gasteiger partial charge in [0.25, 0.3) is 0 Å². The van der Waals surface area contributed by atoms with E-state index in [2.05, 4.69) is 47.3 Å². The maximum absolute atomic E-state index is 15.4. The number of hydrogen-bond acceptors (Lipinski definition) is 2. The van der Waals surface area contributed by atoms with Crippen LogP contribution in [0.3, 0.4) is 0 Å². The summed E-state index contributed by atoms with van der Waals surface area (Å²) in [6.45, 7) is 2.00. The standard InChI is InChI=1S/C24BF20.C18H16NO2/c26-5-1(6(27)14(35)21(42)13(5)34)25(2-7(28)15(36)22(43)16(37)8(2)29,3-9(30)17(38)23(44)18(39)10(3)31)4-11(32)19(40)24(45)20(41)12(4)33;1-2-5-14(6-3-1)11-19-12-15-7-4-8-16-18(15)17(13-19)21-10-9-20-16/h;1-8,12-13H,9-11H2/q-1;+1. The van der Waals surface area contributed by atoms with Crippen LogP contribution < -0.4 is 35.9 Å². The molecule has 7 aromatic rings. The highest BCUT2D eigenvalue weighted by Crippen LogP contribution is 2.35. The van der Waals surface area contributed by atoms with Crippen molar-refractivity contribution in [2.75, 3.05) is 13.2 Å². The normalized spacial score (nSPS) is 12.4. The Morgan fingerprint density at radius 3 is 1.02 bits per heavy atom. The second-order valence-corrected chi connectivity index (χ2v) is 14.0. The first-order valence-electron chi connectivity index (χ1n) is 18.1. The van der Waals surface area contributed by atoms with E-state index in [1.165, 1.54) is 5.56 Å². The molecule has 0 fully saturated rings. The molecular weight excluding hydrogens is 941 g/mol. The lowest BCUT2D eigenvalue weighted by Gasteiger charge is -2.44. The van der Waals surface area contributed by atoms with Gasteiger partial charge in [-0.2, -0.15) is 4.57 Å². The largest absolute Gasteiger partial charge is 0.489 e. The maximum atomic E-state index is 15.4. The summed E-state index contributed by atoms with van der Waals surface area (Å²) in [5.41, 5.74) is -13.1. The predicted octanol–water partition coefficient (Wildman–Crippen LogP) is 8.79. The van der Waals surface area contributed by atoms with E-state index in [4.69, 9.17) is 9.47 Å². The minimum Gasteiger partial charge on any atom is -0.489 e. The molecule has 0 aliphatic carbocycles. The highest BCUT2D eigenvalue weighted by molar-refractivity contribution is 7.20. The lowest BCUT2D eigenvalue weighted by molar-refractivity contribution is -0.687. The molecule has 2 heterocycles. The third-order valence-corrected chi connectivity index (χ3v) is 10.4. The number of nitrogens with zero attached hydrogens (tertiary/aromatic N) is 1. The first kappa shape index (κ1) is 47.0. The minimum atomic E-state index is -7.22. The summed E-state index contributed by atoms with van der Waals surface area (Å²) in [7, 11) is 0. The molecule has 6 aromatic carbocycles. The molecule has 0 atom stereocenters. The van der Waals surface area contributed by atoms with Gasteiger partial charge in [0.05, 0.1) is 10.8 Å². The fraction of sp³-hybridized carbons (Fsp3) is 0.0714. The van der Waals surface area contributed by atoms with E-state index in [1.54, 1.807) is 0 Å². The average molecular weight is 957 g/mol. The monoisotopic (exact) mass is 957 g/mol. The van der Waals surface area contributed by atoms with Crippen molar-refractivity contribution in [2.24, 2.45) is 0 Å². The highest BCUT2D eigenvalue weighted by Gasteiger charge is 2.52. The number of benzene rings is 6. The molecule has 0 bridgehead atoms. The van der Waals surface area contributed by atoms with E-state index in [9.17, 15) is 52.7 Å². The van der Waals surface area contributed by atoms with Crippen LogP contribution in [0.4, 0.5) is 87.8 Å². The van der Waals surface area contributed by atoms with Crippen molar-refractivity contribution in [3.63, 3.8) is 0 Å². The van der Waals surface area contributed by atoms with Gasteiger partial charge in [-0.1, -0.05) is 36.4 Å². The van der Waals surface area contributed by atoms with Crippen molar-refractivity contribution in [1.82, 2.24) is 0 Å². The number of rotatable bonds is 6. The summed E-state index contributed by atoms with van der Waals surface area (Å²) in [5, 5.41) is 2.21. The topological polar surface area (TPSA) is 22.3 Å². The molecule has 8 rings (SSSR count). The quantitative estimate of drug-likeness (QED) is 0.0548. The Morgan fingerprint density at radius 1 is 0.348 bits per heavy atom. The summed E-state index contributed by atoms with van der Waals surface area (Å²) >= 11 is 0. The Hall–Kier alpha value is -7.01. The minimum absolute atomic E-state index is 0.582. The van der Waals surface area contributed by atoms with E-state index in [0.29, 0.717) is 13.2 Å². The van der Waals surface area contributed by atoms with E-state index < -0.39 is 144 Å². The van der Waals surface area contributed by atoms with Crippen molar-refractivity contribution in [3.8, 4) is 11.5 Å². The lowest BCUT2D eigenvalue weighted by atomic mass is 9.12. The van der Waals surface area contributed by atoms with Crippen molar-refractivity contribution in [1.29, 1.82) is 0 Å². The number of ether oxygens (including phenoxy) is 2. The van der Waals surface area contributed by atoms with Crippen LogP contribution in [0.5, 0.6) is 11.5 Å². The van der Waals surface area contributed by atoms with Crippen molar-refractivity contribution in [2.45, 2.75) is 6.54 Å². The molecule has 66 heavy (non-hydrogen) atoms. The molecule has 0 unspecified atom stereocenters. The van der Waals surface area contributed by atoms with Crippen LogP contribution in [0, 0.1) is 116 Å². The van der Waals surface area contributed by atoms with Crippen LogP contribution in [-0.4, -0.2) is 19.4 Å². The molecule has 0 spiro atoms. The van der Waals surface area contributed by atoms with E-state index in [-0.39, 0.29) is 0 Å². The first-order valence-corrected chi connectivity index (χ1v) is 18.1. The van der Waals surface area contributed by atoms with Gasteiger partial charge in [0.15, 0.2) is 88.3 Å². The molecule has 1 aromatic heterocycles. The van der Waals surface area contributed by atoms with E-state index in [0.717, 1.165) is 28.8 Å². The van der Waals surface area contributed by atoms with Gasteiger partial charge in [-0.25, -0.2) is 87.8 Å². The van der Waals surface area contributed by atoms with E-state index in [1.807, 2.05) is 18.2 Å². The van der Waals surface area contributed by atoms with Gasteiger partial charge < -0.3 is 9.47 Å². The zero-order valence-electron chi connectivity index (χ0n) is 31.8. The number of halogens is 20. The van der Waals surface area contributed by atoms with Crippen LogP contribution >= 0.6 is 0 Å². The smallest absolute Gasteiger partial charge is 0.212 e. The predicted molar refractivity (Wildman–Crippen MR) is 190 cm³/mol. The molecule has 0 saturated heterocycles. The number of aromatic nitrogens is 1. The van der Waals surface area contributed by atoms with Gasteiger partial charge in [0.1, 0.15) is 71.6 Å². The van der Waals surface area contributed by atoms with Gasteiger partial charge in [-0.15, -0.1) is 21.9 Å². The van der Waals surface area contributed by atoms with Crippen LogP contribution in [0.2, 0.25) is 0 Å². The molecule has 0 saturated carbocycles. The zero-order valence-corrected chi connectivity index (χ0v) is 31.8. The van der Waals surface area contributed by atoms with Crippen LogP contribution in [0.15, 0.2) is 60.9 Å². The van der Waals surface area contributed by atoms with Crippen molar-refractivity contribution >= 4 is 38.8 Å². The summed E-state index contributed by atoms with van der Waals surface area (Å²) in [6, 6.07) is 16.6. The molecule has 0 amide bonds. The van der Waals surface area contributed by atoms with Gasteiger partial charge in [-0.3, -0.25) is 0 Å². The third-order valence-electron chi connectivity index (χ3n) is 10.4. The summed E-state index contributed by atoms with van der Waals surface area (Å²) in [5.74, 6) is -69.6. The summed E-state index contributed by atoms with van der Waals surface area (Å²) in [6.07, 6.45) is -3.01. The Bertz CT molecular complexity index is 2750. The number of pyridine rings is 1. The molecule has 344 valence electrons. The van der Waals surface area contributed by atoms with Gasteiger partial charge in [-0.05, 0) is 12.1 Å². The van der Waals surface area contributed by atoms with Crippen molar-refractivity contribution < 1.29 is 102 Å². The first-order chi connectivity index (χ1) is 31.1. The Balaban J connectivity index is 0.000000254.